The van der Waals surface area contributed by atoms with E-state index >= 15 is 0 Å². The van der Waals surface area contributed by atoms with E-state index in [1.807, 2.05) is 43.3 Å². The number of nitrogens with one attached hydrogen (secondary N) is 1. The third kappa shape index (κ3) is 5.45. The van der Waals surface area contributed by atoms with Crippen molar-refractivity contribution < 1.29 is 9.59 Å². The summed E-state index contributed by atoms with van der Waals surface area (Å²) in [5.41, 5.74) is 2.13. The fraction of sp³-hybridized carbons (Fsp3) is 0.333. The molecule has 2 aromatic carbocycles. The number of amides is 2. The van der Waals surface area contributed by atoms with E-state index in [0.717, 1.165) is 24.9 Å². The third-order valence-electron chi connectivity index (χ3n) is 3.92. The van der Waals surface area contributed by atoms with E-state index in [1.54, 1.807) is 23.1 Å². The van der Waals surface area contributed by atoms with Gasteiger partial charge in [0.25, 0.3) is 5.91 Å². The fourth-order valence-electron chi connectivity index (χ4n) is 2.61. The second kappa shape index (κ2) is 9.62. The van der Waals surface area contributed by atoms with E-state index in [-0.39, 0.29) is 11.8 Å². The number of carbonyl (C=O) groups is 2. The predicted octanol–water partition coefficient (Wildman–Crippen LogP) is 4.87. The SMILES string of the molecule is CCCCN(C(=O)c1cccc(NC(=O)CCC)c1)c1ccccc1. The summed E-state index contributed by atoms with van der Waals surface area (Å²) >= 11 is 0. The molecule has 132 valence electrons. The van der Waals surface area contributed by atoms with E-state index in [9.17, 15) is 9.59 Å². The van der Waals surface area contributed by atoms with Crippen LogP contribution in [-0.4, -0.2) is 18.4 Å². The lowest BCUT2D eigenvalue weighted by atomic mass is 10.1. The molecule has 0 spiro atoms. The van der Waals surface area contributed by atoms with Gasteiger partial charge in [-0.15, -0.1) is 0 Å². The Hall–Kier alpha value is -2.62. The molecule has 2 aromatic rings. The van der Waals surface area contributed by atoms with Crippen molar-refractivity contribution in [2.75, 3.05) is 16.8 Å². The quantitative estimate of drug-likeness (QED) is 0.746. The first-order chi connectivity index (χ1) is 12.2. The van der Waals surface area contributed by atoms with Crippen molar-refractivity contribution in [1.29, 1.82) is 0 Å². The van der Waals surface area contributed by atoms with E-state index in [2.05, 4.69) is 12.2 Å². The molecule has 25 heavy (non-hydrogen) atoms. The lowest BCUT2D eigenvalue weighted by Gasteiger charge is -2.23. The molecule has 2 amide bonds. The van der Waals surface area contributed by atoms with Crippen LogP contribution in [0.1, 0.15) is 49.9 Å². The average molecular weight is 338 g/mol. The van der Waals surface area contributed by atoms with Gasteiger partial charge in [0.2, 0.25) is 5.91 Å². The number of benzene rings is 2. The van der Waals surface area contributed by atoms with Crippen LogP contribution in [0.5, 0.6) is 0 Å². The maximum absolute atomic E-state index is 13.0. The minimum atomic E-state index is -0.0498. The van der Waals surface area contributed by atoms with E-state index < -0.39 is 0 Å². The average Bonchev–Trinajstić information content (AvgIpc) is 2.63. The van der Waals surface area contributed by atoms with Crippen LogP contribution < -0.4 is 10.2 Å². The maximum Gasteiger partial charge on any atom is 0.258 e. The smallest absolute Gasteiger partial charge is 0.258 e. The van der Waals surface area contributed by atoms with Crippen molar-refractivity contribution in [3.63, 3.8) is 0 Å². The van der Waals surface area contributed by atoms with Gasteiger partial charge < -0.3 is 10.2 Å². The minimum absolute atomic E-state index is 0.0296. The van der Waals surface area contributed by atoms with Crippen LogP contribution in [-0.2, 0) is 4.79 Å². The van der Waals surface area contributed by atoms with Gasteiger partial charge in [0.05, 0.1) is 0 Å². The molecule has 0 bridgehead atoms. The van der Waals surface area contributed by atoms with Gasteiger partial charge in [-0.1, -0.05) is 44.5 Å². The van der Waals surface area contributed by atoms with Crippen LogP contribution in [0, 0.1) is 0 Å². The Morgan fingerprint density at radius 2 is 1.72 bits per heavy atom. The number of carbonyl (C=O) groups excluding carboxylic acids is 2. The zero-order chi connectivity index (χ0) is 18.1. The standard InChI is InChI=1S/C21H26N2O2/c1-3-5-15-23(19-13-7-6-8-14-19)21(25)17-11-9-12-18(16-17)22-20(24)10-4-2/h6-9,11-14,16H,3-5,10,15H2,1-2H3,(H,22,24). The number of unbranched alkanes of at least 4 members (excludes halogenated alkanes) is 1. The van der Waals surface area contributed by atoms with Crippen molar-refractivity contribution in [2.45, 2.75) is 39.5 Å². The van der Waals surface area contributed by atoms with Crippen molar-refractivity contribution in [1.82, 2.24) is 0 Å². The van der Waals surface area contributed by atoms with Crippen molar-refractivity contribution in [3.05, 3.63) is 60.2 Å². The second-order valence-electron chi connectivity index (χ2n) is 6.02. The minimum Gasteiger partial charge on any atom is -0.326 e. The lowest BCUT2D eigenvalue weighted by molar-refractivity contribution is -0.116. The highest BCUT2D eigenvalue weighted by atomic mass is 16.2. The number of hydrogen-bond donors (Lipinski definition) is 1. The highest BCUT2D eigenvalue weighted by molar-refractivity contribution is 6.07. The molecule has 0 saturated heterocycles. The second-order valence-corrected chi connectivity index (χ2v) is 6.02. The van der Waals surface area contributed by atoms with Crippen molar-refractivity contribution in [2.24, 2.45) is 0 Å². The maximum atomic E-state index is 13.0. The summed E-state index contributed by atoms with van der Waals surface area (Å²) in [7, 11) is 0. The summed E-state index contributed by atoms with van der Waals surface area (Å²) in [6.45, 7) is 4.74. The Balaban J connectivity index is 2.22. The third-order valence-corrected chi connectivity index (χ3v) is 3.92. The zero-order valence-corrected chi connectivity index (χ0v) is 15.0. The summed E-state index contributed by atoms with van der Waals surface area (Å²) < 4.78 is 0. The fourth-order valence-corrected chi connectivity index (χ4v) is 2.61. The van der Waals surface area contributed by atoms with Crippen LogP contribution in [0.2, 0.25) is 0 Å². The van der Waals surface area contributed by atoms with Gasteiger partial charge in [-0.25, -0.2) is 0 Å². The zero-order valence-electron chi connectivity index (χ0n) is 15.0. The molecule has 1 N–H and O–H groups in total. The molecule has 0 aliphatic carbocycles. The van der Waals surface area contributed by atoms with E-state index in [0.29, 0.717) is 24.2 Å². The molecule has 0 aliphatic heterocycles. The summed E-state index contributed by atoms with van der Waals surface area (Å²) in [5, 5.41) is 2.85. The van der Waals surface area contributed by atoms with Crippen LogP contribution in [0.15, 0.2) is 54.6 Å². The van der Waals surface area contributed by atoms with Gasteiger partial charge in [-0.2, -0.15) is 0 Å². The van der Waals surface area contributed by atoms with Gasteiger partial charge in [-0.3, -0.25) is 9.59 Å². The Morgan fingerprint density at radius 3 is 2.40 bits per heavy atom. The highest BCUT2D eigenvalue weighted by Gasteiger charge is 2.17. The number of nitrogens with zero attached hydrogens (tertiary/aromatic N) is 1. The van der Waals surface area contributed by atoms with Gasteiger partial charge in [-0.05, 0) is 43.2 Å². The molecule has 0 radical (unpaired) electrons. The molecule has 4 heteroatoms. The Morgan fingerprint density at radius 1 is 0.960 bits per heavy atom. The Labute approximate surface area is 149 Å². The Bertz CT molecular complexity index is 698. The normalized spacial score (nSPS) is 10.3. The first kappa shape index (κ1) is 18.7. The van der Waals surface area contributed by atoms with Crippen molar-refractivity contribution in [3.8, 4) is 0 Å². The van der Waals surface area contributed by atoms with Crippen LogP contribution >= 0.6 is 0 Å². The molecule has 2 rings (SSSR count). The van der Waals surface area contributed by atoms with Crippen LogP contribution in [0.3, 0.4) is 0 Å². The molecule has 0 aliphatic rings. The molecule has 0 atom stereocenters. The summed E-state index contributed by atoms with van der Waals surface area (Å²) in [6, 6.07) is 16.8. The van der Waals surface area contributed by atoms with Gasteiger partial charge >= 0.3 is 0 Å². The van der Waals surface area contributed by atoms with E-state index in [4.69, 9.17) is 0 Å². The van der Waals surface area contributed by atoms with Crippen LogP contribution in [0.4, 0.5) is 11.4 Å². The first-order valence-electron chi connectivity index (χ1n) is 8.92. The molecule has 0 unspecified atom stereocenters. The summed E-state index contributed by atoms with van der Waals surface area (Å²) in [4.78, 5) is 26.6. The largest absolute Gasteiger partial charge is 0.326 e. The predicted molar refractivity (Wildman–Crippen MR) is 103 cm³/mol. The Kier molecular flexibility index (Phi) is 7.20. The number of para-hydroxylation sites is 1. The molecular weight excluding hydrogens is 312 g/mol. The number of anilines is 2. The molecule has 4 nitrogen and oxygen atoms in total. The monoisotopic (exact) mass is 338 g/mol. The topological polar surface area (TPSA) is 49.4 Å². The van der Waals surface area contributed by atoms with Gasteiger partial charge in [0.15, 0.2) is 0 Å². The van der Waals surface area contributed by atoms with Crippen molar-refractivity contribution >= 4 is 23.2 Å². The van der Waals surface area contributed by atoms with E-state index in [1.165, 1.54) is 0 Å². The summed E-state index contributed by atoms with van der Waals surface area (Å²) in [6.07, 6.45) is 3.23. The molecular formula is C21H26N2O2. The van der Waals surface area contributed by atoms with Crippen LogP contribution in [0.25, 0.3) is 0 Å². The number of rotatable bonds is 8. The first-order valence-corrected chi connectivity index (χ1v) is 8.92. The van der Waals surface area contributed by atoms with Gasteiger partial charge in [0, 0.05) is 29.9 Å². The molecule has 0 aromatic heterocycles. The molecule has 0 fully saturated rings. The molecule has 0 saturated carbocycles. The number of hydrogen-bond acceptors (Lipinski definition) is 2. The highest BCUT2D eigenvalue weighted by Crippen LogP contribution is 2.20. The summed E-state index contributed by atoms with van der Waals surface area (Å²) in [5.74, 6) is -0.0794. The molecule has 0 heterocycles. The lowest BCUT2D eigenvalue weighted by Crippen LogP contribution is -2.32. The van der Waals surface area contributed by atoms with Gasteiger partial charge in [0.1, 0.15) is 0 Å².